The van der Waals surface area contributed by atoms with Crippen molar-refractivity contribution in [2.45, 2.75) is 30.8 Å². The zero-order chi connectivity index (χ0) is 20.3. The Morgan fingerprint density at radius 3 is 2.86 bits per heavy atom. The third kappa shape index (κ3) is 4.38. The highest BCUT2D eigenvalue weighted by atomic mass is 32.2. The topological polar surface area (TPSA) is 113 Å². The number of H-pyrrole nitrogens is 1. The number of rotatable bonds is 7. The molecule has 1 aromatic carbocycles. The van der Waals surface area contributed by atoms with Crippen molar-refractivity contribution in [2.24, 2.45) is 0 Å². The second-order valence-corrected chi connectivity index (χ2v) is 8.70. The van der Waals surface area contributed by atoms with Crippen LogP contribution in [-0.2, 0) is 29.5 Å². The van der Waals surface area contributed by atoms with E-state index in [0.29, 0.717) is 44.7 Å². The molecule has 0 spiro atoms. The Morgan fingerprint density at radius 1 is 1.21 bits per heavy atom. The number of nitrogens with one attached hydrogen (secondary N) is 2. The van der Waals surface area contributed by atoms with Crippen molar-refractivity contribution in [2.75, 3.05) is 13.1 Å². The summed E-state index contributed by atoms with van der Waals surface area (Å²) in [5.74, 6) is -0.140. The van der Waals surface area contributed by atoms with E-state index in [2.05, 4.69) is 19.9 Å². The van der Waals surface area contributed by atoms with E-state index >= 15 is 0 Å². The zero-order valence-corrected chi connectivity index (χ0v) is 16.6. The second-order valence-electron chi connectivity index (χ2n) is 6.93. The monoisotopic (exact) mass is 414 g/mol. The molecule has 3 heterocycles. The predicted molar refractivity (Wildman–Crippen MR) is 106 cm³/mol. The van der Waals surface area contributed by atoms with Gasteiger partial charge < -0.3 is 9.47 Å². The lowest BCUT2D eigenvalue weighted by Gasteiger charge is -2.28. The summed E-state index contributed by atoms with van der Waals surface area (Å²) in [5.41, 5.74) is 2.35. The molecule has 0 fully saturated rings. The normalized spacial score (nSPS) is 14.0. The number of hydrogen-bond acceptors (Lipinski definition) is 5. The third-order valence-electron chi connectivity index (χ3n) is 4.96. The highest BCUT2D eigenvalue weighted by Crippen LogP contribution is 2.23. The molecule has 1 aliphatic rings. The van der Waals surface area contributed by atoms with Crippen LogP contribution in [-0.4, -0.2) is 52.1 Å². The van der Waals surface area contributed by atoms with Gasteiger partial charge in [0, 0.05) is 44.8 Å². The summed E-state index contributed by atoms with van der Waals surface area (Å²) in [4.78, 5) is 18.4. The lowest BCUT2D eigenvalue weighted by atomic mass is 9.99. The molecule has 9 nitrogen and oxygen atoms in total. The first-order valence-corrected chi connectivity index (χ1v) is 10.9. The molecule has 0 bridgehead atoms. The summed E-state index contributed by atoms with van der Waals surface area (Å²) in [6, 6.07) is 6.77. The maximum Gasteiger partial charge on any atom is 0.272 e. The molecule has 3 aromatic rings. The molecule has 10 heteroatoms. The Hall–Kier alpha value is -2.98. The highest BCUT2D eigenvalue weighted by Gasteiger charge is 2.24. The van der Waals surface area contributed by atoms with Crippen LogP contribution in [0.25, 0.3) is 0 Å². The molecule has 0 saturated heterocycles. The first-order valence-electron chi connectivity index (χ1n) is 9.39. The van der Waals surface area contributed by atoms with E-state index in [9.17, 15) is 13.2 Å². The molecule has 2 N–H and O–H groups in total. The number of aromatic nitrogens is 4. The van der Waals surface area contributed by atoms with Crippen LogP contribution >= 0.6 is 0 Å². The van der Waals surface area contributed by atoms with Crippen LogP contribution in [0.5, 0.6) is 0 Å². The number of fused-ring (bicyclic) bond motifs is 1. The number of imidazole rings is 1. The average Bonchev–Trinajstić information content (AvgIpc) is 3.44. The minimum Gasteiger partial charge on any atom is -0.337 e. The van der Waals surface area contributed by atoms with Crippen molar-refractivity contribution < 1.29 is 13.2 Å². The van der Waals surface area contributed by atoms with Gasteiger partial charge in [-0.2, -0.15) is 5.10 Å². The first-order chi connectivity index (χ1) is 14.0. The van der Waals surface area contributed by atoms with Crippen LogP contribution in [0, 0.1) is 0 Å². The van der Waals surface area contributed by atoms with Gasteiger partial charge in [-0.05, 0) is 42.2 Å². The van der Waals surface area contributed by atoms with Crippen molar-refractivity contribution in [3.63, 3.8) is 0 Å². The number of aryl methyl sites for hydroxylation is 1. The van der Waals surface area contributed by atoms with Gasteiger partial charge in [-0.1, -0.05) is 6.07 Å². The standard InChI is InChI=1S/C19H22N6O3S/c26-19(18-4-7-21-23-18)25-10-5-15-2-3-17(12-16(15)13-25)29(27,28)22-6-1-9-24-11-8-20-14-24/h2-4,7-8,11-12,14,22H,1,5-6,9-10,13H2,(H,21,23). The van der Waals surface area contributed by atoms with Crippen LogP contribution in [0.2, 0.25) is 0 Å². The number of carbonyl (C=O) groups is 1. The summed E-state index contributed by atoms with van der Waals surface area (Å²) in [6.45, 7) is 1.99. The van der Waals surface area contributed by atoms with E-state index < -0.39 is 10.0 Å². The first kappa shape index (κ1) is 19.3. The van der Waals surface area contributed by atoms with Gasteiger partial charge >= 0.3 is 0 Å². The van der Waals surface area contributed by atoms with Crippen LogP contribution in [0.4, 0.5) is 0 Å². The minimum atomic E-state index is -3.61. The zero-order valence-electron chi connectivity index (χ0n) is 15.8. The Labute approximate surface area is 168 Å². The predicted octanol–water partition coefficient (Wildman–Crippen LogP) is 1.17. The van der Waals surface area contributed by atoms with Crippen molar-refractivity contribution in [3.05, 3.63) is 66.0 Å². The Kier molecular flexibility index (Phi) is 5.45. The molecule has 0 saturated carbocycles. The molecule has 0 aliphatic carbocycles. The summed E-state index contributed by atoms with van der Waals surface area (Å²) >= 11 is 0. The second kappa shape index (κ2) is 8.18. The van der Waals surface area contributed by atoms with Crippen LogP contribution in [0.15, 0.2) is 54.1 Å². The van der Waals surface area contributed by atoms with Gasteiger partial charge in [-0.3, -0.25) is 9.89 Å². The van der Waals surface area contributed by atoms with Gasteiger partial charge in [0.05, 0.1) is 11.2 Å². The largest absolute Gasteiger partial charge is 0.337 e. The fourth-order valence-electron chi connectivity index (χ4n) is 3.39. The summed E-state index contributed by atoms with van der Waals surface area (Å²) in [7, 11) is -3.61. The minimum absolute atomic E-state index is 0.140. The summed E-state index contributed by atoms with van der Waals surface area (Å²) in [5, 5.41) is 6.50. The molecule has 152 valence electrons. The van der Waals surface area contributed by atoms with Gasteiger partial charge in [0.15, 0.2) is 0 Å². The molecular formula is C19H22N6O3S. The smallest absolute Gasteiger partial charge is 0.272 e. The van der Waals surface area contributed by atoms with Crippen LogP contribution in [0.3, 0.4) is 0 Å². The van der Waals surface area contributed by atoms with E-state index in [0.717, 1.165) is 11.1 Å². The summed E-state index contributed by atoms with van der Waals surface area (Å²) < 4.78 is 29.9. The fraction of sp³-hybridized carbons (Fsp3) is 0.316. The van der Waals surface area contributed by atoms with Gasteiger partial charge in [-0.15, -0.1) is 0 Å². The van der Waals surface area contributed by atoms with Crippen molar-refractivity contribution in [3.8, 4) is 0 Å². The lowest BCUT2D eigenvalue weighted by molar-refractivity contribution is 0.0728. The molecule has 0 unspecified atom stereocenters. The Morgan fingerprint density at radius 2 is 2.10 bits per heavy atom. The van der Waals surface area contributed by atoms with E-state index in [4.69, 9.17) is 0 Å². The molecule has 2 aromatic heterocycles. The third-order valence-corrected chi connectivity index (χ3v) is 6.42. The van der Waals surface area contributed by atoms with Crippen molar-refractivity contribution >= 4 is 15.9 Å². The van der Waals surface area contributed by atoms with E-state index in [1.165, 1.54) is 6.20 Å². The van der Waals surface area contributed by atoms with E-state index in [1.54, 1.807) is 35.6 Å². The number of nitrogens with zero attached hydrogens (tertiary/aromatic N) is 4. The molecule has 0 radical (unpaired) electrons. The number of aromatic amines is 1. The van der Waals surface area contributed by atoms with Crippen LogP contribution in [0.1, 0.15) is 28.0 Å². The average molecular weight is 414 g/mol. The number of benzene rings is 1. The molecule has 1 amide bonds. The number of amides is 1. The quantitative estimate of drug-likeness (QED) is 0.564. The lowest BCUT2D eigenvalue weighted by Crippen LogP contribution is -2.36. The van der Waals surface area contributed by atoms with Gasteiger partial charge in [0.25, 0.3) is 5.91 Å². The van der Waals surface area contributed by atoms with Gasteiger partial charge in [-0.25, -0.2) is 18.1 Å². The number of carbonyl (C=O) groups excluding carboxylic acids is 1. The maximum absolute atomic E-state index is 12.7. The molecule has 0 atom stereocenters. The van der Waals surface area contributed by atoms with Gasteiger partial charge in [0.2, 0.25) is 10.0 Å². The highest BCUT2D eigenvalue weighted by molar-refractivity contribution is 7.89. The number of hydrogen-bond donors (Lipinski definition) is 2. The number of sulfonamides is 1. The molecule has 29 heavy (non-hydrogen) atoms. The Bertz CT molecular complexity index is 1080. The van der Waals surface area contributed by atoms with E-state index in [-0.39, 0.29) is 10.8 Å². The molecule has 4 rings (SSSR count). The Balaban J connectivity index is 1.41. The van der Waals surface area contributed by atoms with E-state index in [1.807, 2.05) is 16.8 Å². The van der Waals surface area contributed by atoms with Crippen molar-refractivity contribution in [1.82, 2.24) is 29.4 Å². The fourth-order valence-corrected chi connectivity index (χ4v) is 4.51. The SMILES string of the molecule is O=C(c1ccn[nH]1)N1CCc2ccc(S(=O)(=O)NCCCn3ccnc3)cc2C1. The van der Waals surface area contributed by atoms with Crippen LogP contribution < -0.4 is 4.72 Å². The molecular weight excluding hydrogens is 392 g/mol. The maximum atomic E-state index is 12.7. The molecule has 1 aliphatic heterocycles. The van der Waals surface area contributed by atoms with Gasteiger partial charge in [0.1, 0.15) is 5.69 Å². The summed E-state index contributed by atoms with van der Waals surface area (Å²) in [6.07, 6.45) is 8.12. The van der Waals surface area contributed by atoms with Crippen molar-refractivity contribution in [1.29, 1.82) is 0 Å².